The van der Waals surface area contributed by atoms with Crippen molar-refractivity contribution in [3.8, 4) is 0 Å². The van der Waals surface area contributed by atoms with E-state index in [1.807, 2.05) is 0 Å². The van der Waals surface area contributed by atoms with Crippen LogP contribution in [0.15, 0.2) is 0 Å². The van der Waals surface area contributed by atoms with Crippen LogP contribution in [0.3, 0.4) is 0 Å². The van der Waals surface area contributed by atoms with E-state index in [2.05, 4.69) is 10.0 Å². The number of hydrogen-bond acceptors (Lipinski definition) is 3. The third-order valence-corrected chi connectivity index (χ3v) is 2.29. The maximum absolute atomic E-state index is 11.2. The molecule has 2 N–H and O–H groups in total. The number of hydrogen-bond donors (Lipinski definition) is 2. The maximum Gasteiger partial charge on any atom is 0.226 e. The summed E-state index contributed by atoms with van der Waals surface area (Å²) in [6.45, 7) is 3.44. The average Bonchev–Trinajstić information content (AvgIpc) is 1.98. The highest BCUT2D eigenvalue weighted by Crippen LogP contribution is 2.13. The first-order valence-electron chi connectivity index (χ1n) is 3.86. The standard InChI is InChI=1S/C7H16N2O3S/c1-7(2,6(10)8-3)5-9-13(4,11)12/h9H,5H2,1-4H3,(H,8,10). The molecule has 0 unspecified atom stereocenters. The average molecular weight is 208 g/mol. The summed E-state index contributed by atoms with van der Waals surface area (Å²) >= 11 is 0. The van der Waals surface area contributed by atoms with Gasteiger partial charge in [-0.25, -0.2) is 13.1 Å². The van der Waals surface area contributed by atoms with Gasteiger partial charge in [-0.2, -0.15) is 0 Å². The van der Waals surface area contributed by atoms with E-state index in [1.165, 1.54) is 7.05 Å². The van der Waals surface area contributed by atoms with Crippen molar-refractivity contribution in [1.29, 1.82) is 0 Å². The molecule has 0 spiro atoms. The van der Waals surface area contributed by atoms with Crippen LogP contribution in [0.25, 0.3) is 0 Å². The van der Waals surface area contributed by atoms with Gasteiger partial charge in [0.15, 0.2) is 0 Å². The molecule has 0 atom stereocenters. The Morgan fingerprint density at radius 3 is 2.15 bits per heavy atom. The summed E-state index contributed by atoms with van der Waals surface area (Å²) in [6.07, 6.45) is 1.06. The minimum absolute atomic E-state index is 0.103. The van der Waals surface area contributed by atoms with E-state index in [9.17, 15) is 13.2 Å². The van der Waals surface area contributed by atoms with Gasteiger partial charge < -0.3 is 5.32 Å². The highest BCUT2D eigenvalue weighted by atomic mass is 32.2. The Balaban J connectivity index is 4.27. The van der Waals surface area contributed by atoms with Gasteiger partial charge in [-0.3, -0.25) is 4.79 Å². The highest BCUT2D eigenvalue weighted by molar-refractivity contribution is 7.88. The summed E-state index contributed by atoms with van der Waals surface area (Å²) in [5.41, 5.74) is -0.724. The van der Waals surface area contributed by atoms with Gasteiger partial charge in [0.25, 0.3) is 0 Å². The third kappa shape index (κ3) is 4.84. The van der Waals surface area contributed by atoms with Crippen LogP contribution in [0.5, 0.6) is 0 Å². The van der Waals surface area contributed by atoms with Crippen molar-refractivity contribution in [2.24, 2.45) is 5.41 Å². The molecular formula is C7H16N2O3S. The van der Waals surface area contributed by atoms with Gasteiger partial charge >= 0.3 is 0 Å². The Morgan fingerprint density at radius 2 is 1.85 bits per heavy atom. The molecule has 1 amide bonds. The lowest BCUT2D eigenvalue weighted by molar-refractivity contribution is -0.128. The van der Waals surface area contributed by atoms with Crippen LogP contribution in [0.1, 0.15) is 13.8 Å². The van der Waals surface area contributed by atoms with Gasteiger partial charge in [0.2, 0.25) is 15.9 Å². The Morgan fingerprint density at radius 1 is 1.38 bits per heavy atom. The van der Waals surface area contributed by atoms with Crippen LogP contribution >= 0.6 is 0 Å². The number of amides is 1. The smallest absolute Gasteiger partial charge is 0.226 e. The molecule has 0 fully saturated rings. The predicted octanol–water partition coefficient (Wildman–Crippen LogP) is -0.692. The molecule has 5 nitrogen and oxygen atoms in total. The van der Waals surface area contributed by atoms with Crippen molar-refractivity contribution in [1.82, 2.24) is 10.0 Å². The molecule has 0 heterocycles. The quantitative estimate of drug-likeness (QED) is 0.642. The monoisotopic (exact) mass is 208 g/mol. The van der Waals surface area contributed by atoms with Crippen molar-refractivity contribution in [2.45, 2.75) is 13.8 Å². The van der Waals surface area contributed by atoms with Crippen molar-refractivity contribution < 1.29 is 13.2 Å². The molecule has 13 heavy (non-hydrogen) atoms. The molecule has 0 aromatic heterocycles. The van der Waals surface area contributed by atoms with Crippen molar-refractivity contribution in [2.75, 3.05) is 19.8 Å². The second-order valence-electron chi connectivity index (χ2n) is 3.56. The lowest BCUT2D eigenvalue weighted by atomic mass is 9.93. The summed E-state index contributed by atoms with van der Waals surface area (Å²) < 4.78 is 23.8. The fourth-order valence-corrected chi connectivity index (χ4v) is 1.35. The highest BCUT2D eigenvalue weighted by Gasteiger charge is 2.27. The first-order chi connectivity index (χ1) is 5.69. The fourth-order valence-electron chi connectivity index (χ4n) is 0.730. The minimum Gasteiger partial charge on any atom is -0.359 e. The SMILES string of the molecule is CNC(=O)C(C)(C)CNS(C)(=O)=O. The Hall–Kier alpha value is -0.620. The van der Waals surface area contributed by atoms with Crippen LogP contribution in [0, 0.1) is 5.41 Å². The molecule has 0 aromatic rings. The molecule has 0 bridgehead atoms. The van der Waals surface area contributed by atoms with E-state index in [0.717, 1.165) is 6.26 Å². The summed E-state index contributed by atoms with van der Waals surface area (Å²) in [6, 6.07) is 0. The van der Waals surface area contributed by atoms with E-state index in [0.29, 0.717) is 0 Å². The number of nitrogens with one attached hydrogen (secondary N) is 2. The van der Waals surface area contributed by atoms with E-state index < -0.39 is 15.4 Å². The van der Waals surface area contributed by atoms with E-state index in [1.54, 1.807) is 13.8 Å². The molecular weight excluding hydrogens is 192 g/mol. The molecule has 0 radical (unpaired) electrons. The molecule has 6 heteroatoms. The van der Waals surface area contributed by atoms with Crippen molar-refractivity contribution in [3.05, 3.63) is 0 Å². The van der Waals surface area contributed by atoms with Crippen LogP contribution in [0.4, 0.5) is 0 Å². The van der Waals surface area contributed by atoms with E-state index >= 15 is 0 Å². The van der Waals surface area contributed by atoms with Crippen molar-refractivity contribution >= 4 is 15.9 Å². The van der Waals surface area contributed by atoms with Gasteiger partial charge in [0.1, 0.15) is 0 Å². The first-order valence-corrected chi connectivity index (χ1v) is 5.75. The molecule has 0 saturated carbocycles. The molecule has 0 aliphatic carbocycles. The van der Waals surface area contributed by atoms with Gasteiger partial charge in [-0.1, -0.05) is 0 Å². The zero-order chi connectivity index (χ0) is 10.7. The second kappa shape index (κ2) is 4.06. The Labute approximate surface area is 79.0 Å². The lowest BCUT2D eigenvalue weighted by Crippen LogP contribution is -2.43. The third-order valence-electron chi connectivity index (χ3n) is 1.62. The maximum atomic E-state index is 11.2. The second-order valence-corrected chi connectivity index (χ2v) is 5.39. The van der Waals surface area contributed by atoms with E-state index in [-0.39, 0.29) is 12.5 Å². The van der Waals surface area contributed by atoms with Gasteiger partial charge in [-0.15, -0.1) is 0 Å². The minimum atomic E-state index is -3.23. The largest absolute Gasteiger partial charge is 0.359 e. The summed E-state index contributed by atoms with van der Waals surface area (Å²) in [5.74, 6) is -0.191. The lowest BCUT2D eigenvalue weighted by Gasteiger charge is -2.22. The molecule has 78 valence electrons. The van der Waals surface area contributed by atoms with Gasteiger partial charge in [0, 0.05) is 13.6 Å². The topological polar surface area (TPSA) is 75.3 Å². The summed E-state index contributed by atoms with van der Waals surface area (Å²) in [7, 11) is -1.71. The Kier molecular flexibility index (Phi) is 3.87. The molecule has 0 aliphatic rings. The first kappa shape index (κ1) is 12.4. The van der Waals surface area contributed by atoms with Crippen LogP contribution in [-0.4, -0.2) is 34.2 Å². The van der Waals surface area contributed by atoms with Crippen molar-refractivity contribution in [3.63, 3.8) is 0 Å². The number of carbonyl (C=O) groups excluding carboxylic acids is 1. The zero-order valence-electron chi connectivity index (χ0n) is 8.34. The number of carbonyl (C=O) groups is 1. The normalized spacial score (nSPS) is 12.6. The predicted molar refractivity (Wildman–Crippen MR) is 50.7 cm³/mol. The Bertz CT molecular complexity index is 282. The number of sulfonamides is 1. The van der Waals surface area contributed by atoms with Crippen LogP contribution < -0.4 is 10.0 Å². The van der Waals surface area contributed by atoms with Crippen LogP contribution in [0.2, 0.25) is 0 Å². The fraction of sp³-hybridized carbons (Fsp3) is 0.857. The molecule has 0 saturated heterocycles. The molecule has 0 rings (SSSR count). The van der Waals surface area contributed by atoms with E-state index in [4.69, 9.17) is 0 Å². The van der Waals surface area contributed by atoms with Gasteiger partial charge in [0.05, 0.1) is 11.7 Å². The van der Waals surface area contributed by atoms with Gasteiger partial charge in [-0.05, 0) is 13.8 Å². The number of rotatable bonds is 4. The molecule has 0 aliphatic heterocycles. The zero-order valence-corrected chi connectivity index (χ0v) is 9.16. The summed E-state index contributed by atoms with van der Waals surface area (Å²) in [5, 5.41) is 2.47. The molecule has 0 aromatic carbocycles. The van der Waals surface area contributed by atoms with Crippen LogP contribution in [-0.2, 0) is 14.8 Å². The summed E-state index contributed by atoms with van der Waals surface area (Å²) in [4.78, 5) is 11.2.